The van der Waals surface area contributed by atoms with E-state index in [9.17, 15) is 0 Å². The first-order valence-corrected chi connectivity index (χ1v) is 6.43. The molecule has 1 rings (SSSR count). The van der Waals surface area contributed by atoms with E-state index in [1.54, 1.807) is 0 Å². The molecule has 3 nitrogen and oxygen atoms in total. The first-order valence-electron chi connectivity index (χ1n) is 5.38. The topological polar surface area (TPSA) is 41.5 Å². The average molecular weight is 219 g/mol. The van der Waals surface area contributed by atoms with Gasteiger partial charge in [0.1, 0.15) is 0 Å². The third kappa shape index (κ3) is 4.64. The summed E-state index contributed by atoms with van der Waals surface area (Å²) in [5.41, 5.74) is 0. The van der Waals surface area contributed by atoms with Crippen molar-refractivity contribution < 1.29 is 9.84 Å². The second-order valence-corrected chi connectivity index (χ2v) is 5.10. The Kier molecular flexibility index (Phi) is 6.60. The highest BCUT2D eigenvalue weighted by Crippen LogP contribution is 2.25. The van der Waals surface area contributed by atoms with Crippen molar-refractivity contribution in [3.63, 3.8) is 0 Å². The van der Waals surface area contributed by atoms with Gasteiger partial charge in [-0.2, -0.15) is 11.8 Å². The van der Waals surface area contributed by atoms with Crippen LogP contribution in [-0.4, -0.2) is 48.5 Å². The fourth-order valence-corrected chi connectivity index (χ4v) is 2.85. The molecule has 1 aliphatic heterocycles. The summed E-state index contributed by atoms with van der Waals surface area (Å²) in [7, 11) is 0. The fourth-order valence-electron chi connectivity index (χ4n) is 1.63. The van der Waals surface area contributed by atoms with Gasteiger partial charge in [0.2, 0.25) is 0 Å². The predicted octanol–water partition coefficient (Wildman–Crippen LogP) is 0.869. The van der Waals surface area contributed by atoms with E-state index in [-0.39, 0.29) is 6.61 Å². The summed E-state index contributed by atoms with van der Waals surface area (Å²) in [6, 6.07) is 0.692. The third-order valence-corrected chi connectivity index (χ3v) is 3.81. The van der Waals surface area contributed by atoms with Gasteiger partial charge in [-0.1, -0.05) is 6.92 Å². The number of aliphatic hydroxyl groups excluding tert-OH is 1. The summed E-state index contributed by atoms with van der Waals surface area (Å²) in [6.07, 6.45) is 2.33. The Labute approximate surface area is 90.6 Å². The Morgan fingerprint density at radius 3 is 3.00 bits per heavy atom. The molecule has 84 valence electrons. The summed E-state index contributed by atoms with van der Waals surface area (Å²) in [5, 5.41) is 12.8. The van der Waals surface area contributed by atoms with E-state index in [1.165, 1.54) is 12.2 Å². The summed E-state index contributed by atoms with van der Waals surface area (Å²) in [6.45, 7) is 4.67. The smallest absolute Gasteiger partial charge is 0.0697 e. The van der Waals surface area contributed by atoms with Gasteiger partial charge in [0, 0.05) is 17.9 Å². The summed E-state index contributed by atoms with van der Waals surface area (Å²) < 4.78 is 5.18. The van der Waals surface area contributed by atoms with Crippen LogP contribution in [0.15, 0.2) is 0 Å². The minimum Gasteiger partial charge on any atom is -0.394 e. The summed E-state index contributed by atoms with van der Waals surface area (Å²) in [5.74, 6) is 1.29. The molecule has 1 aliphatic rings. The van der Waals surface area contributed by atoms with Crippen molar-refractivity contribution in [3.8, 4) is 0 Å². The van der Waals surface area contributed by atoms with Crippen molar-refractivity contribution in [2.75, 3.05) is 32.1 Å². The first-order chi connectivity index (χ1) is 6.84. The lowest BCUT2D eigenvalue weighted by atomic mass is 10.2. The van der Waals surface area contributed by atoms with E-state index in [4.69, 9.17) is 9.84 Å². The molecular weight excluding hydrogens is 198 g/mol. The van der Waals surface area contributed by atoms with Gasteiger partial charge >= 0.3 is 0 Å². The lowest BCUT2D eigenvalue weighted by Gasteiger charge is -2.16. The molecule has 1 heterocycles. The van der Waals surface area contributed by atoms with Crippen LogP contribution in [0, 0.1) is 0 Å². The molecule has 0 bridgehead atoms. The minimum absolute atomic E-state index is 0.129. The van der Waals surface area contributed by atoms with Crippen molar-refractivity contribution in [1.29, 1.82) is 0 Å². The first kappa shape index (κ1) is 12.3. The van der Waals surface area contributed by atoms with Gasteiger partial charge in [0.15, 0.2) is 0 Å². The lowest BCUT2D eigenvalue weighted by molar-refractivity contribution is 0.0904. The van der Waals surface area contributed by atoms with Gasteiger partial charge < -0.3 is 15.2 Å². The highest BCUT2D eigenvalue weighted by atomic mass is 32.2. The van der Waals surface area contributed by atoms with Crippen LogP contribution in [0.2, 0.25) is 0 Å². The molecule has 14 heavy (non-hydrogen) atoms. The van der Waals surface area contributed by atoms with Gasteiger partial charge in [-0.25, -0.2) is 0 Å². The average Bonchev–Trinajstić information content (AvgIpc) is 2.58. The molecule has 1 saturated heterocycles. The molecule has 1 fully saturated rings. The number of nitrogens with one attached hydrogen (secondary N) is 1. The lowest BCUT2D eigenvalue weighted by Crippen LogP contribution is -2.34. The van der Waals surface area contributed by atoms with Crippen LogP contribution in [-0.2, 0) is 4.74 Å². The summed E-state index contributed by atoms with van der Waals surface area (Å²) in [4.78, 5) is 0. The van der Waals surface area contributed by atoms with Crippen LogP contribution < -0.4 is 5.32 Å². The second kappa shape index (κ2) is 7.51. The van der Waals surface area contributed by atoms with Crippen LogP contribution in [0.1, 0.15) is 19.8 Å². The number of ether oxygens (including phenoxy) is 1. The quantitative estimate of drug-likeness (QED) is 0.623. The zero-order chi connectivity index (χ0) is 10.2. The maximum Gasteiger partial charge on any atom is 0.0697 e. The fraction of sp³-hybridized carbons (Fsp3) is 1.00. The highest BCUT2D eigenvalue weighted by molar-refractivity contribution is 8.00. The molecule has 0 amide bonds. The normalized spacial score (nSPS) is 27.0. The van der Waals surface area contributed by atoms with Gasteiger partial charge in [0.25, 0.3) is 0 Å². The molecule has 0 aromatic heterocycles. The SMILES string of the molecule is CC1SCCC1NCCCOCCO. The predicted molar refractivity (Wildman–Crippen MR) is 60.8 cm³/mol. The molecule has 2 atom stereocenters. The Bertz CT molecular complexity index is 146. The van der Waals surface area contributed by atoms with Gasteiger partial charge in [-0.3, -0.25) is 0 Å². The van der Waals surface area contributed by atoms with Crippen LogP contribution >= 0.6 is 11.8 Å². The van der Waals surface area contributed by atoms with Crippen LogP contribution in [0.3, 0.4) is 0 Å². The number of thioether (sulfide) groups is 1. The molecule has 2 N–H and O–H groups in total. The number of aliphatic hydroxyl groups is 1. The molecule has 4 heteroatoms. The van der Waals surface area contributed by atoms with Crippen molar-refractivity contribution in [1.82, 2.24) is 5.32 Å². The monoisotopic (exact) mass is 219 g/mol. The maximum absolute atomic E-state index is 8.49. The minimum atomic E-state index is 0.129. The van der Waals surface area contributed by atoms with Crippen LogP contribution in [0.5, 0.6) is 0 Å². The molecule has 0 spiro atoms. The Morgan fingerprint density at radius 2 is 2.36 bits per heavy atom. The van der Waals surface area contributed by atoms with Gasteiger partial charge in [0.05, 0.1) is 13.2 Å². The third-order valence-electron chi connectivity index (χ3n) is 2.48. The Balaban J connectivity index is 1.88. The molecule has 2 unspecified atom stereocenters. The number of hydrogen-bond acceptors (Lipinski definition) is 4. The molecular formula is C10H21NO2S. The molecule has 0 radical (unpaired) electrons. The Morgan fingerprint density at radius 1 is 1.50 bits per heavy atom. The van der Waals surface area contributed by atoms with Crippen molar-refractivity contribution >= 4 is 11.8 Å². The zero-order valence-electron chi connectivity index (χ0n) is 8.87. The summed E-state index contributed by atoms with van der Waals surface area (Å²) >= 11 is 2.05. The molecule has 0 aromatic rings. The zero-order valence-corrected chi connectivity index (χ0v) is 9.68. The largest absolute Gasteiger partial charge is 0.394 e. The second-order valence-electron chi connectivity index (χ2n) is 3.61. The van der Waals surface area contributed by atoms with Crippen LogP contribution in [0.4, 0.5) is 0 Å². The van der Waals surface area contributed by atoms with Crippen LogP contribution in [0.25, 0.3) is 0 Å². The van der Waals surface area contributed by atoms with E-state index in [0.717, 1.165) is 24.8 Å². The van der Waals surface area contributed by atoms with E-state index in [1.807, 2.05) is 0 Å². The van der Waals surface area contributed by atoms with Gasteiger partial charge in [-0.05, 0) is 25.1 Å². The number of hydrogen-bond donors (Lipinski definition) is 2. The van der Waals surface area contributed by atoms with Crippen molar-refractivity contribution in [3.05, 3.63) is 0 Å². The molecule has 0 aromatic carbocycles. The van der Waals surface area contributed by atoms with Crippen molar-refractivity contribution in [2.24, 2.45) is 0 Å². The number of rotatable bonds is 7. The standard InChI is InChI=1S/C10H21NO2S/c1-9-10(3-8-14-9)11-4-2-6-13-7-5-12/h9-12H,2-8H2,1H3. The maximum atomic E-state index is 8.49. The highest BCUT2D eigenvalue weighted by Gasteiger charge is 2.22. The molecule has 0 aliphatic carbocycles. The van der Waals surface area contributed by atoms with E-state index < -0.39 is 0 Å². The Hall–Kier alpha value is 0.230. The van der Waals surface area contributed by atoms with Gasteiger partial charge in [-0.15, -0.1) is 0 Å². The van der Waals surface area contributed by atoms with E-state index in [0.29, 0.717) is 12.6 Å². The molecule has 0 saturated carbocycles. The van der Waals surface area contributed by atoms with Crippen molar-refractivity contribution in [2.45, 2.75) is 31.1 Å². The van der Waals surface area contributed by atoms with E-state index >= 15 is 0 Å². The van der Waals surface area contributed by atoms with E-state index in [2.05, 4.69) is 24.0 Å².